The number of amides is 1. The van der Waals surface area contributed by atoms with Crippen molar-refractivity contribution >= 4 is 23.5 Å². The molecule has 0 spiro atoms. The fraction of sp³-hybridized carbons (Fsp3) is 0.200. The van der Waals surface area contributed by atoms with Crippen LogP contribution >= 0.6 is 11.6 Å². The number of hydrogen-bond donors (Lipinski definition) is 1. The van der Waals surface area contributed by atoms with Gasteiger partial charge in [0.15, 0.2) is 0 Å². The first-order valence-corrected chi connectivity index (χ1v) is 6.95. The largest absolute Gasteiger partial charge is 0.480 e. The number of ether oxygens (including phenoxy) is 2. The Morgan fingerprint density at radius 1 is 1.17 bits per heavy atom. The van der Waals surface area contributed by atoms with Crippen molar-refractivity contribution in [1.82, 2.24) is 15.5 Å². The standard InChI is InChI=1S/C15H14ClN3O4/c1-22-13-6-5-12(18-19-13)9-3-4-10(11(16)7-9)15(21)17-8-14(20)23-2/h3-7H,8H2,1-2H3,(H,17,21). The molecule has 2 aromatic rings. The highest BCUT2D eigenvalue weighted by atomic mass is 35.5. The Labute approximate surface area is 137 Å². The molecule has 1 heterocycles. The van der Waals surface area contributed by atoms with Crippen LogP contribution in [0.3, 0.4) is 0 Å². The van der Waals surface area contributed by atoms with E-state index < -0.39 is 11.9 Å². The monoisotopic (exact) mass is 335 g/mol. The van der Waals surface area contributed by atoms with Gasteiger partial charge in [-0.05, 0) is 18.2 Å². The van der Waals surface area contributed by atoms with Crippen molar-refractivity contribution in [2.45, 2.75) is 0 Å². The Morgan fingerprint density at radius 2 is 1.96 bits per heavy atom. The maximum absolute atomic E-state index is 12.0. The van der Waals surface area contributed by atoms with E-state index >= 15 is 0 Å². The Balaban J connectivity index is 2.16. The van der Waals surface area contributed by atoms with E-state index in [1.54, 1.807) is 30.3 Å². The van der Waals surface area contributed by atoms with Gasteiger partial charge in [0.2, 0.25) is 5.88 Å². The van der Waals surface area contributed by atoms with E-state index in [4.69, 9.17) is 16.3 Å². The lowest BCUT2D eigenvalue weighted by Gasteiger charge is -2.08. The molecule has 0 saturated carbocycles. The molecule has 0 bridgehead atoms. The molecule has 0 unspecified atom stereocenters. The van der Waals surface area contributed by atoms with Crippen LogP contribution in [0.5, 0.6) is 5.88 Å². The maximum Gasteiger partial charge on any atom is 0.325 e. The lowest BCUT2D eigenvalue weighted by Crippen LogP contribution is -2.30. The third kappa shape index (κ3) is 4.17. The molecule has 1 N–H and O–H groups in total. The molecule has 0 saturated heterocycles. The SMILES string of the molecule is COC(=O)CNC(=O)c1ccc(-c2ccc(OC)nn2)cc1Cl. The number of benzene rings is 1. The number of carbonyl (C=O) groups excluding carboxylic acids is 2. The number of nitrogens with zero attached hydrogens (tertiary/aromatic N) is 2. The summed E-state index contributed by atoms with van der Waals surface area (Å²) in [6.45, 7) is -0.225. The first kappa shape index (κ1) is 16.7. The highest BCUT2D eigenvalue weighted by Crippen LogP contribution is 2.24. The molecule has 0 fully saturated rings. The minimum Gasteiger partial charge on any atom is -0.480 e. The van der Waals surface area contributed by atoms with Gasteiger partial charge in [-0.15, -0.1) is 10.2 Å². The van der Waals surface area contributed by atoms with Gasteiger partial charge >= 0.3 is 5.97 Å². The summed E-state index contributed by atoms with van der Waals surface area (Å²) in [6.07, 6.45) is 0. The van der Waals surface area contributed by atoms with Crippen LogP contribution in [0.4, 0.5) is 0 Å². The average molecular weight is 336 g/mol. The summed E-state index contributed by atoms with van der Waals surface area (Å²) in [5, 5.41) is 10.5. The molecule has 0 aliphatic heterocycles. The zero-order valence-corrected chi connectivity index (χ0v) is 13.3. The molecule has 7 nitrogen and oxygen atoms in total. The van der Waals surface area contributed by atoms with Crippen molar-refractivity contribution < 1.29 is 19.1 Å². The Morgan fingerprint density at radius 3 is 2.52 bits per heavy atom. The van der Waals surface area contributed by atoms with Crippen molar-refractivity contribution in [3.63, 3.8) is 0 Å². The minimum atomic E-state index is -0.542. The molecular formula is C15H14ClN3O4. The minimum absolute atomic E-state index is 0.225. The van der Waals surface area contributed by atoms with Gasteiger partial charge in [-0.3, -0.25) is 9.59 Å². The smallest absolute Gasteiger partial charge is 0.325 e. The lowest BCUT2D eigenvalue weighted by atomic mass is 10.1. The summed E-state index contributed by atoms with van der Waals surface area (Å²) < 4.78 is 9.39. The second-order valence-corrected chi connectivity index (χ2v) is 4.82. The normalized spacial score (nSPS) is 10.0. The molecule has 23 heavy (non-hydrogen) atoms. The number of methoxy groups -OCH3 is 2. The molecule has 1 aromatic carbocycles. The summed E-state index contributed by atoms with van der Waals surface area (Å²) in [4.78, 5) is 23.0. The van der Waals surface area contributed by atoms with Gasteiger partial charge < -0.3 is 14.8 Å². The van der Waals surface area contributed by atoms with E-state index in [1.807, 2.05) is 0 Å². The Kier molecular flexibility index (Phi) is 5.48. The summed E-state index contributed by atoms with van der Waals surface area (Å²) in [7, 11) is 2.74. The predicted octanol–water partition coefficient (Wildman–Crippen LogP) is 1.71. The first-order chi connectivity index (χ1) is 11.0. The molecule has 1 aromatic heterocycles. The predicted molar refractivity (Wildman–Crippen MR) is 83.4 cm³/mol. The summed E-state index contributed by atoms with van der Waals surface area (Å²) in [6, 6.07) is 8.25. The van der Waals surface area contributed by atoms with Crippen molar-refractivity contribution in [2.24, 2.45) is 0 Å². The van der Waals surface area contributed by atoms with Gasteiger partial charge in [0.1, 0.15) is 6.54 Å². The van der Waals surface area contributed by atoms with E-state index in [2.05, 4.69) is 20.3 Å². The number of aromatic nitrogens is 2. The number of halogens is 1. The van der Waals surface area contributed by atoms with Gasteiger partial charge in [0, 0.05) is 11.6 Å². The molecule has 1 amide bonds. The zero-order valence-electron chi connectivity index (χ0n) is 12.5. The van der Waals surface area contributed by atoms with E-state index in [1.165, 1.54) is 14.2 Å². The topological polar surface area (TPSA) is 90.4 Å². The number of carbonyl (C=O) groups is 2. The summed E-state index contributed by atoms with van der Waals surface area (Å²) in [5.74, 6) is -0.606. The number of hydrogen-bond acceptors (Lipinski definition) is 6. The van der Waals surface area contributed by atoms with E-state index in [0.717, 1.165) is 0 Å². The third-order valence-electron chi connectivity index (χ3n) is 2.98. The van der Waals surface area contributed by atoms with Crippen LogP contribution in [-0.4, -0.2) is 42.8 Å². The molecule has 0 aliphatic rings. The molecular weight excluding hydrogens is 322 g/mol. The van der Waals surface area contributed by atoms with Crippen molar-refractivity contribution in [2.75, 3.05) is 20.8 Å². The van der Waals surface area contributed by atoms with E-state index in [0.29, 0.717) is 17.1 Å². The van der Waals surface area contributed by atoms with Gasteiger partial charge in [-0.2, -0.15) is 0 Å². The molecule has 0 aliphatic carbocycles. The fourth-order valence-electron chi connectivity index (χ4n) is 1.76. The summed E-state index contributed by atoms with van der Waals surface area (Å²) in [5.41, 5.74) is 1.55. The van der Waals surface area contributed by atoms with Crippen LogP contribution in [0.25, 0.3) is 11.3 Å². The molecule has 120 valence electrons. The highest BCUT2D eigenvalue weighted by molar-refractivity contribution is 6.34. The van der Waals surface area contributed by atoms with Crippen LogP contribution in [0, 0.1) is 0 Å². The van der Waals surface area contributed by atoms with E-state index in [9.17, 15) is 9.59 Å². The average Bonchev–Trinajstić information content (AvgIpc) is 2.59. The highest BCUT2D eigenvalue weighted by Gasteiger charge is 2.13. The zero-order chi connectivity index (χ0) is 16.8. The fourth-order valence-corrected chi connectivity index (χ4v) is 2.03. The number of nitrogens with one attached hydrogen (secondary N) is 1. The van der Waals surface area contributed by atoms with Gasteiger partial charge in [0.05, 0.1) is 30.5 Å². The Hall–Kier alpha value is -2.67. The quantitative estimate of drug-likeness (QED) is 0.836. The van der Waals surface area contributed by atoms with Gasteiger partial charge in [-0.1, -0.05) is 17.7 Å². The van der Waals surface area contributed by atoms with Crippen molar-refractivity contribution in [1.29, 1.82) is 0 Å². The van der Waals surface area contributed by atoms with Crippen LogP contribution in [0.1, 0.15) is 10.4 Å². The third-order valence-corrected chi connectivity index (χ3v) is 3.29. The number of rotatable bonds is 5. The maximum atomic E-state index is 12.0. The second kappa shape index (κ2) is 7.55. The van der Waals surface area contributed by atoms with Crippen LogP contribution in [-0.2, 0) is 9.53 Å². The Bertz CT molecular complexity index is 719. The first-order valence-electron chi connectivity index (χ1n) is 6.58. The molecule has 0 radical (unpaired) electrons. The van der Waals surface area contributed by atoms with Crippen LogP contribution in [0.2, 0.25) is 5.02 Å². The summed E-state index contributed by atoms with van der Waals surface area (Å²) >= 11 is 6.13. The molecule has 8 heteroatoms. The van der Waals surface area contributed by atoms with Crippen LogP contribution in [0.15, 0.2) is 30.3 Å². The van der Waals surface area contributed by atoms with Crippen LogP contribution < -0.4 is 10.1 Å². The molecule has 0 atom stereocenters. The van der Waals surface area contributed by atoms with Crippen molar-refractivity contribution in [3.8, 4) is 17.1 Å². The van der Waals surface area contributed by atoms with E-state index in [-0.39, 0.29) is 17.1 Å². The number of esters is 1. The lowest BCUT2D eigenvalue weighted by molar-refractivity contribution is -0.139. The van der Waals surface area contributed by atoms with Crippen molar-refractivity contribution in [3.05, 3.63) is 40.9 Å². The second-order valence-electron chi connectivity index (χ2n) is 4.41. The van der Waals surface area contributed by atoms with Gasteiger partial charge in [-0.25, -0.2) is 0 Å². The van der Waals surface area contributed by atoms with Gasteiger partial charge in [0.25, 0.3) is 5.91 Å². The molecule has 2 rings (SSSR count).